The lowest BCUT2D eigenvalue weighted by molar-refractivity contribution is 0.492. The monoisotopic (exact) mass is 223 g/mol. The number of halogens is 2. The van der Waals surface area contributed by atoms with Gasteiger partial charge in [0, 0.05) is 24.6 Å². The molecule has 0 heterocycles. The molecule has 1 atom stereocenters. The first-order valence-corrected chi connectivity index (χ1v) is 5.23. The van der Waals surface area contributed by atoms with Crippen molar-refractivity contribution in [3.8, 4) is 11.8 Å². The number of benzene rings is 1. The Labute approximate surface area is 94.9 Å². The van der Waals surface area contributed by atoms with Crippen LogP contribution in [0.4, 0.5) is 8.78 Å². The Balaban J connectivity index is 2.64. The zero-order chi connectivity index (χ0) is 12.0. The van der Waals surface area contributed by atoms with Gasteiger partial charge in [-0.25, -0.2) is 8.78 Å². The van der Waals surface area contributed by atoms with E-state index in [0.29, 0.717) is 13.0 Å². The van der Waals surface area contributed by atoms with Crippen LogP contribution in [0.3, 0.4) is 0 Å². The van der Waals surface area contributed by atoms with Gasteiger partial charge < -0.3 is 5.32 Å². The molecule has 16 heavy (non-hydrogen) atoms. The second-order valence-electron chi connectivity index (χ2n) is 3.49. The number of rotatable bonds is 4. The molecule has 1 aromatic carbocycles. The standard InChI is InChI=1S/C13H15F2N/c1-3-4-5-9-16-10(2)13-11(14)7-6-8-12(13)15/h6-8,10,16H,5,9H2,1-2H3. The van der Waals surface area contributed by atoms with Gasteiger partial charge in [-0.2, -0.15) is 0 Å². The lowest BCUT2D eigenvalue weighted by Gasteiger charge is -2.14. The van der Waals surface area contributed by atoms with Crippen LogP contribution in [0, 0.1) is 23.5 Å². The van der Waals surface area contributed by atoms with Gasteiger partial charge in [0.2, 0.25) is 0 Å². The van der Waals surface area contributed by atoms with Gasteiger partial charge >= 0.3 is 0 Å². The summed E-state index contributed by atoms with van der Waals surface area (Å²) in [5, 5.41) is 3.03. The van der Waals surface area contributed by atoms with E-state index in [1.54, 1.807) is 13.8 Å². The molecular weight excluding hydrogens is 208 g/mol. The fourth-order valence-corrected chi connectivity index (χ4v) is 1.50. The molecule has 1 nitrogen and oxygen atoms in total. The van der Waals surface area contributed by atoms with Crippen LogP contribution in [0.1, 0.15) is 31.9 Å². The molecule has 0 fully saturated rings. The highest BCUT2D eigenvalue weighted by atomic mass is 19.1. The lowest BCUT2D eigenvalue weighted by Crippen LogP contribution is -2.21. The van der Waals surface area contributed by atoms with E-state index in [4.69, 9.17) is 0 Å². The Hall–Kier alpha value is -1.40. The van der Waals surface area contributed by atoms with Crippen molar-refractivity contribution < 1.29 is 8.78 Å². The van der Waals surface area contributed by atoms with Gasteiger partial charge in [-0.3, -0.25) is 0 Å². The molecule has 0 aliphatic rings. The number of nitrogens with one attached hydrogen (secondary N) is 1. The minimum atomic E-state index is -0.512. The lowest BCUT2D eigenvalue weighted by atomic mass is 10.1. The summed E-state index contributed by atoms with van der Waals surface area (Å²) in [4.78, 5) is 0. The third-order valence-electron chi connectivity index (χ3n) is 2.31. The molecule has 86 valence electrons. The highest BCUT2D eigenvalue weighted by Crippen LogP contribution is 2.19. The number of hydrogen-bond acceptors (Lipinski definition) is 1. The zero-order valence-electron chi connectivity index (χ0n) is 9.48. The van der Waals surface area contributed by atoms with Crippen LogP contribution < -0.4 is 5.32 Å². The van der Waals surface area contributed by atoms with Gasteiger partial charge in [-0.1, -0.05) is 6.07 Å². The van der Waals surface area contributed by atoms with E-state index < -0.39 is 11.6 Å². The molecule has 0 aliphatic heterocycles. The van der Waals surface area contributed by atoms with Crippen molar-refractivity contribution >= 4 is 0 Å². The molecule has 0 amide bonds. The van der Waals surface area contributed by atoms with Crippen LogP contribution in [0.15, 0.2) is 18.2 Å². The van der Waals surface area contributed by atoms with Gasteiger partial charge in [0.05, 0.1) is 0 Å². The summed E-state index contributed by atoms with van der Waals surface area (Å²) in [6.07, 6.45) is 0.677. The SMILES string of the molecule is CC#CCCNC(C)c1c(F)cccc1F. The van der Waals surface area contributed by atoms with Crippen LogP contribution in [-0.4, -0.2) is 6.54 Å². The Kier molecular flexibility index (Phi) is 4.94. The summed E-state index contributed by atoms with van der Waals surface area (Å²) in [5.41, 5.74) is 0.0898. The first kappa shape index (κ1) is 12.7. The molecule has 1 rings (SSSR count). The van der Waals surface area contributed by atoms with Crippen molar-refractivity contribution in [2.45, 2.75) is 26.3 Å². The topological polar surface area (TPSA) is 12.0 Å². The molecule has 1 unspecified atom stereocenters. The van der Waals surface area contributed by atoms with E-state index in [2.05, 4.69) is 17.2 Å². The minimum Gasteiger partial charge on any atom is -0.309 e. The van der Waals surface area contributed by atoms with Gasteiger partial charge in [0.25, 0.3) is 0 Å². The Morgan fingerprint density at radius 2 is 1.94 bits per heavy atom. The van der Waals surface area contributed by atoms with Crippen molar-refractivity contribution in [2.24, 2.45) is 0 Å². The first-order chi connectivity index (χ1) is 7.66. The van der Waals surface area contributed by atoms with Gasteiger partial charge in [0.15, 0.2) is 0 Å². The Morgan fingerprint density at radius 3 is 2.50 bits per heavy atom. The summed E-state index contributed by atoms with van der Waals surface area (Å²) in [7, 11) is 0. The van der Waals surface area contributed by atoms with Crippen molar-refractivity contribution in [1.82, 2.24) is 5.32 Å². The fourth-order valence-electron chi connectivity index (χ4n) is 1.50. The van der Waals surface area contributed by atoms with Crippen molar-refractivity contribution in [1.29, 1.82) is 0 Å². The smallest absolute Gasteiger partial charge is 0.130 e. The third-order valence-corrected chi connectivity index (χ3v) is 2.31. The normalized spacial score (nSPS) is 11.8. The summed E-state index contributed by atoms with van der Waals surface area (Å²) < 4.78 is 26.7. The average molecular weight is 223 g/mol. The van der Waals surface area contributed by atoms with E-state index in [9.17, 15) is 8.78 Å². The van der Waals surface area contributed by atoms with E-state index in [-0.39, 0.29) is 11.6 Å². The number of hydrogen-bond donors (Lipinski definition) is 1. The molecule has 0 saturated carbocycles. The van der Waals surface area contributed by atoms with Gasteiger partial charge in [0.1, 0.15) is 11.6 Å². The quantitative estimate of drug-likeness (QED) is 0.611. The fraction of sp³-hybridized carbons (Fsp3) is 0.385. The molecule has 0 saturated heterocycles. The maximum absolute atomic E-state index is 13.4. The zero-order valence-corrected chi connectivity index (χ0v) is 9.48. The maximum Gasteiger partial charge on any atom is 0.130 e. The van der Waals surface area contributed by atoms with Crippen molar-refractivity contribution in [3.63, 3.8) is 0 Å². The average Bonchev–Trinajstić information content (AvgIpc) is 2.24. The molecule has 1 aromatic rings. The first-order valence-electron chi connectivity index (χ1n) is 5.23. The van der Waals surface area contributed by atoms with Crippen LogP contribution in [0.2, 0.25) is 0 Å². The Morgan fingerprint density at radius 1 is 1.31 bits per heavy atom. The summed E-state index contributed by atoms with van der Waals surface area (Å²) in [6, 6.07) is 3.55. The molecule has 0 aromatic heterocycles. The minimum absolute atomic E-state index is 0.0898. The molecule has 0 aliphatic carbocycles. The summed E-state index contributed by atoms with van der Waals surface area (Å²) >= 11 is 0. The predicted octanol–water partition coefficient (Wildman–Crippen LogP) is 3.03. The molecule has 0 radical (unpaired) electrons. The predicted molar refractivity (Wildman–Crippen MR) is 60.8 cm³/mol. The molecule has 3 heteroatoms. The van der Waals surface area contributed by atoms with E-state index in [1.165, 1.54) is 18.2 Å². The van der Waals surface area contributed by atoms with Crippen LogP contribution in [0.25, 0.3) is 0 Å². The molecule has 0 bridgehead atoms. The van der Waals surface area contributed by atoms with Gasteiger partial charge in [-0.15, -0.1) is 11.8 Å². The highest BCUT2D eigenvalue weighted by Gasteiger charge is 2.14. The van der Waals surface area contributed by atoms with Crippen LogP contribution >= 0.6 is 0 Å². The van der Waals surface area contributed by atoms with E-state index in [1.807, 2.05) is 0 Å². The second kappa shape index (κ2) is 6.24. The third kappa shape index (κ3) is 3.32. The van der Waals surface area contributed by atoms with Crippen LogP contribution in [0.5, 0.6) is 0 Å². The molecular formula is C13H15F2N. The van der Waals surface area contributed by atoms with Gasteiger partial charge in [-0.05, 0) is 26.0 Å². The summed E-state index contributed by atoms with van der Waals surface area (Å²) in [6.45, 7) is 4.12. The van der Waals surface area contributed by atoms with E-state index in [0.717, 1.165) is 0 Å². The summed E-state index contributed by atoms with van der Waals surface area (Å²) in [5.74, 6) is 4.63. The maximum atomic E-state index is 13.4. The second-order valence-corrected chi connectivity index (χ2v) is 3.49. The molecule has 0 spiro atoms. The van der Waals surface area contributed by atoms with E-state index >= 15 is 0 Å². The largest absolute Gasteiger partial charge is 0.309 e. The Bertz CT molecular complexity index is 384. The van der Waals surface area contributed by atoms with Crippen LogP contribution in [-0.2, 0) is 0 Å². The molecule has 1 N–H and O–H groups in total. The van der Waals surface area contributed by atoms with Crippen molar-refractivity contribution in [2.75, 3.05) is 6.54 Å². The highest BCUT2D eigenvalue weighted by molar-refractivity contribution is 5.22. The van der Waals surface area contributed by atoms with Crippen molar-refractivity contribution in [3.05, 3.63) is 35.4 Å².